The van der Waals surface area contributed by atoms with Crippen molar-refractivity contribution in [2.24, 2.45) is 0 Å². The van der Waals surface area contributed by atoms with Crippen LogP contribution in [0.4, 0.5) is 0 Å². The maximum Gasteiger partial charge on any atom is 0.187 e. The van der Waals surface area contributed by atoms with E-state index in [1.165, 1.54) is 6.92 Å². The summed E-state index contributed by atoms with van der Waals surface area (Å²) in [5.41, 5.74) is 0. The zero-order valence-electron chi connectivity index (χ0n) is 34.8. The van der Waals surface area contributed by atoms with Gasteiger partial charge in [0.05, 0.1) is 39.1 Å². The number of hydrogen-bond donors (Lipinski definition) is 19. The summed E-state index contributed by atoms with van der Waals surface area (Å²) in [6, 6.07) is 0. The van der Waals surface area contributed by atoms with Crippen molar-refractivity contribution in [2.45, 2.75) is 191 Å². The maximum atomic E-state index is 11.7. The Morgan fingerprint density at radius 3 is 1.03 bits per heavy atom. The average molecular weight is 975 g/mol. The highest BCUT2D eigenvalue weighted by Crippen LogP contribution is 2.38. The van der Waals surface area contributed by atoms with Crippen LogP contribution in [-0.4, -0.2) is 314 Å². The van der Waals surface area contributed by atoms with Crippen molar-refractivity contribution in [3.63, 3.8) is 0 Å². The van der Waals surface area contributed by atoms with E-state index in [0.717, 1.165) is 0 Å². The van der Waals surface area contributed by atoms with Crippen LogP contribution < -0.4 is 0 Å². The second-order valence-electron chi connectivity index (χ2n) is 16.7. The number of rotatable bonds is 15. The van der Waals surface area contributed by atoms with Gasteiger partial charge in [-0.3, -0.25) is 0 Å². The Balaban J connectivity index is 1.29. The molecule has 30 atom stereocenters. The molecule has 6 saturated heterocycles. The van der Waals surface area contributed by atoms with Crippen LogP contribution in [0, 0.1) is 0 Å². The van der Waals surface area contributed by atoms with Crippen LogP contribution in [-0.2, 0) is 52.1 Å². The predicted octanol–water partition coefficient (Wildman–Crippen LogP) is -13.1. The monoisotopic (exact) mass is 974 g/mol. The molecule has 6 aliphatic rings. The minimum atomic E-state index is -2.26. The molecule has 0 radical (unpaired) electrons. The van der Waals surface area contributed by atoms with E-state index in [1.807, 2.05) is 0 Å². The van der Waals surface area contributed by atoms with E-state index in [0.29, 0.717) is 0 Å². The molecule has 66 heavy (non-hydrogen) atoms. The van der Waals surface area contributed by atoms with Gasteiger partial charge in [0.2, 0.25) is 0 Å². The van der Waals surface area contributed by atoms with Crippen LogP contribution in [0.5, 0.6) is 0 Å². The van der Waals surface area contributed by atoms with Crippen molar-refractivity contribution >= 4 is 0 Å². The van der Waals surface area contributed by atoms with Gasteiger partial charge in [-0.05, 0) is 6.92 Å². The molecule has 0 amide bonds. The molecule has 0 saturated carbocycles. The number of hydrogen-bond acceptors (Lipinski definition) is 30. The number of aliphatic hydroxyl groups excluding tert-OH is 19. The van der Waals surface area contributed by atoms with E-state index in [1.54, 1.807) is 0 Å². The standard InChI is InChI=1S/C36H62O30/c1-7-13(42)26(24(53)34(56-7)63-27-16(45)10(4-39)57-31(55)23(27)52)62-35-25(54)28(17(46)11(5-40)60-35)64-36-30(66-33-22(51)20(49)15(44)9(3-38)59-33)29(18(47)12(6-41)61-36)65-32-21(50)19(48)14(43)8(2-37)58-32/h7-55H,2-6H2,1H3/t7?,8?,9?,10?,11?,12?,13?,14-,15-,16-,17-,18-,19+,20+,21+,22-,23+,24+,25-,26+,27+,28+,29+,30?,31?,32?,33?,34+,35?,36+/m1/s1. The molecule has 30 heteroatoms. The lowest BCUT2D eigenvalue weighted by Gasteiger charge is -2.51. The summed E-state index contributed by atoms with van der Waals surface area (Å²) in [6.45, 7) is -3.55. The summed E-state index contributed by atoms with van der Waals surface area (Å²) < 4.78 is 61.9. The van der Waals surface area contributed by atoms with Gasteiger partial charge in [0.1, 0.15) is 140 Å². The molecule has 0 aromatic heterocycles. The molecule has 6 rings (SSSR count). The van der Waals surface area contributed by atoms with Gasteiger partial charge in [-0.1, -0.05) is 0 Å². The van der Waals surface area contributed by atoms with Crippen LogP contribution in [0.3, 0.4) is 0 Å². The maximum absolute atomic E-state index is 11.7. The van der Waals surface area contributed by atoms with Gasteiger partial charge in [-0.25, -0.2) is 0 Å². The molecule has 6 fully saturated rings. The topological polar surface area (TPSA) is 486 Å². The second kappa shape index (κ2) is 22.9. The zero-order valence-corrected chi connectivity index (χ0v) is 34.8. The Morgan fingerprint density at radius 2 is 0.576 bits per heavy atom. The first-order chi connectivity index (χ1) is 31.2. The largest absolute Gasteiger partial charge is 0.394 e. The third-order valence-corrected chi connectivity index (χ3v) is 12.4. The van der Waals surface area contributed by atoms with Gasteiger partial charge in [-0.2, -0.15) is 0 Å². The molecule has 0 aliphatic carbocycles. The van der Waals surface area contributed by atoms with Crippen molar-refractivity contribution in [2.75, 3.05) is 33.0 Å². The number of aliphatic hydroxyl groups is 19. The van der Waals surface area contributed by atoms with Crippen molar-refractivity contribution in [3.05, 3.63) is 0 Å². The van der Waals surface area contributed by atoms with Crippen molar-refractivity contribution < 1.29 is 149 Å². The highest BCUT2D eigenvalue weighted by atomic mass is 16.8. The van der Waals surface area contributed by atoms with Gasteiger partial charge in [0, 0.05) is 0 Å². The SMILES string of the molecule is CC1O[C@@H](O[C@@H]2[C@H](O)C(O)OC(CO)[C@H]2O)[C@@H](O)[C@@H](OC2OC(CO)[C@@H](O)[C@H](O[C@@H]3OC(CO)[C@@H](O)[C@H](OC4OC(CO)[C@@H](O)[C@H](O)[C@@H]4O)C3OC3OC(CO)[C@@H](O)[C@H](O)[C@H]3O)[C@H]2O)C1O. The molecule has 0 aromatic rings. The lowest BCUT2D eigenvalue weighted by Crippen LogP contribution is -2.69. The molecular formula is C36H62O30. The van der Waals surface area contributed by atoms with E-state index in [-0.39, 0.29) is 0 Å². The van der Waals surface area contributed by atoms with Crippen LogP contribution in [0.15, 0.2) is 0 Å². The van der Waals surface area contributed by atoms with Crippen LogP contribution in [0.2, 0.25) is 0 Å². The van der Waals surface area contributed by atoms with Gasteiger partial charge >= 0.3 is 0 Å². The van der Waals surface area contributed by atoms with E-state index in [4.69, 9.17) is 52.1 Å². The van der Waals surface area contributed by atoms with Gasteiger partial charge in [-0.15, -0.1) is 0 Å². The molecule has 30 nitrogen and oxygen atoms in total. The third-order valence-electron chi connectivity index (χ3n) is 12.4. The first kappa shape index (κ1) is 54.1. The fraction of sp³-hybridized carbons (Fsp3) is 1.00. The van der Waals surface area contributed by atoms with Gasteiger partial charge in [0.15, 0.2) is 37.7 Å². The van der Waals surface area contributed by atoms with Gasteiger partial charge in [0.25, 0.3) is 0 Å². The summed E-state index contributed by atoms with van der Waals surface area (Å²) in [6.07, 6.45) is -58.0. The highest BCUT2D eigenvalue weighted by Gasteiger charge is 2.58. The summed E-state index contributed by atoms with van der Waals surface area (Å²) in [5.74, 6) is 0. The minimum absolute atomic E-state index is 0.836. The molecular weight excluding hydrogens is 912 g/mol. The lowest BCUT2D eigenvalue weighted by molar-refractivity contribution is -0.410. The first-order valence-electron chi connectivity index (χ1n) is 21.0. The summed E-state index contributed by atoms with van der Waals surface area (Å²) in [5, 5.41) is 202. The van der Waals surface area contributed by atoms with E-state index < -0.39 is 217 Å². The summed E-state index contributed by atoms with van der Waals surface area (Å²) in [4.78, 5) is 0. The fourth-order valence-corrected chi connectivity index (χ4v) is 8.41. The molecule has 386 valence electrons. The zero-order chi connectivity index (χ0) is 48.6. The van der Waals surface area contributed by atoms with Crippen molar-refractivity contribution in [1.82, 2.24) is 0 Å². The lowest BCUT2D eigenvalue weighted by atomic mass is 9.95. The van der Waals surface area contributed by atoms with E-state index in [9.17, 15) is 97.0 Å². The van der Waals surface area contributed by atoms with E-state index >= 15 is 0 Å². The fourth-order valence-electron chi connectivity index (χ4n) is 8.41. The number of ether oxygens (including phenoxy) is 11. The molecule has 6 heterocycles. The third kappa shape index (κ3) is 10.8. The Labute approximate surface area is 373 Å². The molecule has 6 aliphatic heterocycles. The average Bonchev–Trinajstić information content (AvgIpc) is 3.30. The highest BCUT2D eigenvalue weighted by molar-refractivity contribution is 5.00. The van der Waals surface area contributed by atoms with Crippen molar-refractivity contribution in [3.8, 4) is 0 Å². The summed E-state index contributed by atoms with van der Waals surface area (Å²) >= 11 is 0. The van der Waals surface area contributed by atoms with Crippen LogP contribution in [0.25, 0.3) is 0 Å². The normalized spacial score (nSPS) is 54.0. The smallest absolute Gasteiger partial charge is 0.187 e. The summed E-state index contributed by atoms with van der Waals surface area (Å²) in [7, 11) is 0. The van der Waals surface area contributed by atoms with Crippen LogP contribution >= 0.6 is 0 Å². The molecule has 0 bridgehead atoms. The molecule has 12 unspecified atom stereocenters. The second-order valence-corrected chi connectivity index (χ2v) is 16.7. The van der Waals surface area contributed by atoms with Gasteiger partial charge < -0.3 is 149 Å². The van der Waals surface area contributed by atoms with Crippen LogP contribution in [0.1, 0.15) is 6.92 Å². The first-order valence-corrected chi connectivity index (χ1v) is 21.0. The minimum Gasteiger partial charge on any atom is -0.394 e. The Hall–Kier alpha value is -1.20. The molecule has 19 N–H and O–H groups in total. The Bertz CT molecular complexity index is 1490. The van der Waals surface area contributed by atoms with E-state index in [2.05, 4.69) is 0 Å². The molecule has 0 aromatic carbocycles. The Kier molecular flexibility index (Phi) is 18.8. The quantitative estimate of drug-likeness (QED) is 0.0724. The molecule has 0 spiro atoms. The predicted molar refractivity (Wildman–Crippen MR) is 198 cm³/mol. The Morgan fingerprint density at radius 1 is 0.273 bits per heavy atom. The van der Waals surface area contributed by atoms with Crippen molar-refractivity contribution in [1.29, 1.82) is 0 Å².